The van der Waals surface area contributed by atoms with Gasteiger partial charge < -0.3 is 10.6 Å². The van der Waals surface area contributed by atoms with Crippen molar-refractivity contribution >= 4 is 11.8 Å². The maximum absolute atomic E-state index is 13.1. The van der Waals surface area contributed by atoms with Gasteiger partial charge in [-0.3, -0.25) is 9.59 Å². The highest BCUT2D eigenvalue weighted by Crippen LogP contribution is 2.29. The second kappa shape index (κ2) is 7.92. The first kappa shape index (κ1) is 17.1. The van der Waals surface area contributed by atoms with E-state index in [2.05, 4.69) is 16.7 Å². The molecule has 130 valence electrons. The van der Waals surface area contributed by atoms with Crippen molar-refractivity contribution < 1.29 is 14.0 Å². The number of hydrogen-bond donors (Lipinski definition) is 2. The average molecular weight is 340 g/mol. The summed E-state index contributed by atoms with van der Waals surface area (Å²) in [4.78, 5) is 24.1. The Bertz CT molecular complexity index is 776. The van der Waals surface area contributed by atoms with Crippen LogP contribution in [0.4, 0.5) is 4.39 Å². The number of halogens is 1. The van der Waals surface area contributed by atoms with Crippen LogP contribution < -0.4 is 10.6 Å². The van der Waals surface area contributed by atoms with Crippen molar-refractivity contribution in [1.29, 1.82) is 0 Å². The fourth-order valence-corrected chi connectivity index (χ4v) is 3.22. The predicted molar refractivity (Wildman–Crippen MR) is 93.4 cm³/mol. The molecule has 0 saturated heterocycles. The summed E-state index contributed by atoms with van der Waals surface area (Å²) < 4.78 is 13.1. The van der Waals surface area contributed by atoms with Crippen LogP contribution in [0, 0.1) is 5.82 Å². The Hall–Kier alpha value is -2.69. The summed E-state index contributed by atoms with van der Waals surface area (Å²) in [6.07, 6.45) is 3.03. The number of amides is 2. The largest absolute Gasteiger partial charge is 0.348 e. The first-order chi connectivity index (χ1) is 12.1. The van der Waals surface area contributed by atoms with E-state index in [1.54, 1.807) is 12.1 Å². The first-order valence-electron chi connectivity index (χ1n) is 8.50. The van der Waals surface area contributed by atoms with Gasteiger partial charge in [0.2, 0.25) is 11.8 Å². The van der Waals surface area contributed by atoms with Gasteiger partial charge in [0.1, 0.15) is 5.82 Å². The van der Waals surface area contributed by atoms with Gasteiger partial charge in [-0.25, -0.2) is 4.39 Å². The molecule has 1 atom stereocenters. The molecule has 1 aliphatic carbocycles. The molecule has 0 spiro atoms. The normalized spacial score (nSPS) is 16.0. The summed E-state index contributed by atoms with van der Waals surface area (Å²) in [7, 11) is 0. The van der Waals surface area contributed by atoms with Crippen LogP contribution in [0.15, 0.2) is 48.5 Å². The highest BCUT2D eigenvalue weighted by Gasteiger charge is 2.21. The molecule has 0 fully saturated rings. The number of nitrogens with one attached hydrogen (secondary N) is 2. The van der Waals surface area contributed by atoms with Crippen molar-refractivity contribution in [2.24, 2.45) is 0 Å². The Balaban J connectivity index is 1.49. The van der Waals surface area contributed by atoms with Gasteiger partial charge in [-0.15, -0.1) is 0 Å². The van der Waals surface area contributed by atoms with Crippen LogP contribution in [0.5, 0.6) is 0 Å². The molecule has 2 amide bonds. The number of fused-ring (bicyclic) bond motifs is 1. The zero-order valence-electron chi connectivity index (χ0n) is 13.9. The molecule has 0 aromatic heterocycles. The molecule has 3 rings (SSSR count). The van der Waals surface area contributed by atoms with Gasteiger partial charge in [0.15, 0.2) is 0 Å². The van der Waals surface area contributed by atoms with E-state index >= 15 is 0 Å². The fraction of sp³-hybridized carbons (Fsp3) is 0.300. The third-order valence-corrected chi connectivity index (χ3v) is 4.40. The smallest absolute Gasteiger partial charge is 0.239 e. The minimum absolute atomic E-state index is 0.00225. The molecule has 0 heterocycles. The summed E-state index contributed by atoms with van der Waals surface area (Å²) >= 11 is 0. The van der Waals surface area contributed by atoms with E-state index in [0.717, 1.165) is 24.8 Å². The maximum Gasteiger partial charge on any atom is 0.239 e. The van der Waals surface area contributed by atoms with Crippen molar-refractivity contribution in [1.82, 2.24) is 10.6 Å². The Labute approximate surface area is 146 Å². The predicted octanol–water partition coefficient (Wildman–Crippen LogP) is 2.68. The van der Waals surface area contributed by atoms with Crippen molar-refractivity contribution in [3.05, 3.63) is 71.0 Å². The number of aryl methyl sites for hydroxylation is 1. The highest BCUT2D eigenvalue weighted by molar-refractivity contribution is 5.85. The van der Waals surface area contributed by atoms with E-state index in [4.69, 9.17) is 0 Å². The highest BCUT2D eigenvalue weighted by atomic mass is 19.1. The average Bonchev–Trinajstić information content (AvgIpc) is 2.60. The molecule has 2 N–H and O–H groups in total. The van der Waals surface area contributed by atoms with E-state index in [0.29, 0.717) is 5.56 Å². The van der Waals surface area contributed by atoms with Gasteiger partial charge >= 0.3 is 0 Å². The van der Waals surface area contributed by atoms with Gasteiger partial charge in [-0.05, 0) is 48.1 Å². The standard InChI is InChI=1S/C20H21FN2O2/c21-16-8-3-5-14(11-16)12-19(24)22-13-20(25)23-18-10-4-7-15-6-1-2-9-17(15)18/h1-3,5-6,8-9,11,18H,4,7,10,12-13H2,(H,22,24)(H,23,25)/t18-/m1/s1. The molecule has 5 heteroatoms. The van der Waals surface area contributed by atoms with Gasteiger partial charge in [-0.2, -0.15) is 0 Å². The lowest BCUT2D eigenvalue weighted by molar-refractivity contribution is -0.126. The molecule has 2 aromatic rings. The van der Waals surface area contributed by atoms with Crippen LogP contribution in [0.3, 0.4) is 0 Å². The van der Waals surface area contributed by atoms with Gasteiger partial charge in [0, 0.05) is 0 Å². The molecule has 0 aliphatic heterocycles. The summed E-state index contributed by atoms with van der Waals surface area (Å²) in [5.74, 6) is -0.891. The molecule has 0 saturated carbocycles. The third-order valence-electron chi connectivity index (χ3n) is 4.40. The van der Waals surface area contributed by atoms with Crippen molar-refractivity contribution in [3.63, 3.8) is 0 Å². The van der Waals surface area contributed by atoms with Crippen LogP contribution in [-0.2, 0) is 22.4 Å². The first-order valence-corrected chi connectivity index (χ1v) is 8.50. The molecule has 0 bridgehead atoms. The summed E-state index contributed by atoms with van der Waals surface area (Å²) in [6.45, 7) is -0.0766. The lowest BCUT2D eigenvalue weighted by atomic mass is 9.88. The van der Waals surface area contributed by atoms with E-state index in [1.165, 1.54) is 17.7 Å². The fourth-order valence-electron chi connectivity index (χ4n) is 3.22. The lowest BCUT2D eigenvalue weighted by Gasteiger charge is -2.26. The molecule has 4 nitrogen and oxygen atoms in total. The molecule has 2 aromatic carbocycles. The molecule has 1 aliphatic rings. The Morgan fingerprint density at radius 1 is 1.08 bits per heavy atom. The molecular formula is C20H21FN2O2. The molecule has 25 heavy (non-hydrogen) atoms. The molecular weight excluding hydrogens is 319 g/mol. The Kier molecular flexibility index (Phi) is 5.43. The maximum atomic E-state index is 13.1. The van der Waals surface area contributed by atoms with E-state index in [9.17, 15) is 14.0 Å². The van der Waals surface area contributed by atoms with Crippen LogP contribution >= 0.6 is 0 Å². The summed E-state index contributed by atoms with van der Waals surface area (Å²) in [5.41, 5.74) is 3.02. The summed E-state index contributed by atoms with van der Waals surface area (Å²) in [5, 5.41) is 5.58. The number of benzene rings is 2. The van der Waals surface area contributed by atoms with Crippen LogP contribution in [0.1, 0.15) is 35.6 Å². The summed E-state index contributed by atoms with van der Waals surface area (Å²) in [6, 6.07) is 14.0. The number of rotatable bonds is 5. The van der Waals surface area contributed by atoms with Crippen molar-refractivity contribution in [2.45, 2.75) is 31.7 Å². The van der Waals surface area contributed by atoms with Gasteiger partial charge in [0.25, 0.3) is 0 Å². The lowest BCUT2D eigenvalue weighted by Crippen LogP contribution is -2.40. The molecule has 0 radical (unpaired) electrons. The monoisotopic (exact) mass is 340 g/mol. The second-order valence-electron chi connectivity index (χ2n) is 6.29. The SMILES string of the molecule is O=C(Cc1cccc(F)c1)NCC(=O)N[C@@H]1CCCc2ccccc21. The third kappa shape index (κ3) is 4.66. The molecule has 0 unspecified atom stereocenters. The van der Waals surface area contributed by atoms with E-state index < -0.39 is 0 Å². The van der Waals surface area contributed by atoms with Gasteiger partial charge in [0.05, 0.1) is 19.0 Å². The number of carbonyl (C=O) groups is 2. The Morgan fingerprint density at radius 2 is 1.92 bits per heavy atom. The van der Waals surface area contributed by atoms with Crippen LogP contribution in [0.25, 0.3) is 0 Å². The van der Waals surface area contributed by atoms with Crippen molar-refractivity contribution in [3.8, 4) is 0 Å². The minimum Gasteiger partial charge on any atom is -0.348 e. The number of carbonyl (C=O) groups excluding carboxylic acids is 2. The minimum atomic E-state index is -0.376. The zero-order chi connectivity index (χ0) is 17.6. The van der Waals surface area contributed by atoms with Crippen LogP contribution in [-0.4, -0.2) is 18.4 Å². The van der Waals surface area contributed by atoms with Crippen LogP contribution in [0.2, 0.25) is 0 Å². The quantitative estimate of drug-likeness (QED) is 0.879. The van der Waals surface area contributed by atoms with Gasteiger partial charge in [-0.1, -0.05) is 36.4 Å². The number of hydrogen-bond acceptors (Lipinski definition) is 2. The zero-order valence-corrected chi connectivity index (χ0v) is 13.9. The Morgan fingerprint density at radius 3 is 2.76 bits per heavy atom. The van der Waals surface area contributed by atoms with E-state index in [-0.39, 0.29) is 36.6 Å². The topological polar surface area (TPSA) is 58.2 Å². The second-order valence-corrected chi connectivity index (χ2v) is 6.29. The van der Waals surface area contributed by atoms with Crippen molar-refractivity contribution in [2.75, 3.05) is 6.54 Å². The van der Waals surface area contributed by atoms with E-state index in [1.807, 2.05) is 18.2 Å².